The first-order valence-corrected chi connectivity index (χ1v) is 14.4. The topological polar surface area (TPSA) is 109 Å². The molecule has 1 N–H and O–H groups in total. The first kappa shape index (κ1) is 26.7. The van der Waals surface area contributed by atoms with Crippen molar-refractivity contribution in [2.45, 2.75) is 56.7 Å². The van der Waals surface area contributed by atoms with Crippen molar-refractivity contribution in [3.63, 3.8) is 0 Å². The summed E-state index contributed by atoms with van der Waals surface area (Å²) in [4.78, 5) is 16.5. The molecule has 0 spiro atoms. The van der Waals surface area contributed by atoms with Gasteiger partial charge in [-0.05, 0) is 49.9 Å². The third kappa shape index (κ3) is 5.18. The Bertz CT molecular complexity index is 1550. The molecule has 9 nitrogen and oxygen atoms in total. The first-order chi connectivity index (χ1) is 19.5. The van der Waals surface area contributed by atoms with Gasteiger partial charge in [-0.15, -0.1) is 21.5 Å². The Morgan fingerprint density at radius 1 is 1.12 bits per heavy atom. The summed E-state index contributed by atoms with van der Waals surface area (Å²) in [5, 5.41) is 19.8. The predicted molar refractivity (Wildman–Crippen MR) is 150 cm³/mol. The Morgan fingerprint density at radius 2 is 1.95 bits per heavy atom. The van der Waals surface area contributed by atoms with Crippen molar-refractivity contribution < 1.29 is 24.1 Å². The second-order valence-corrected chi connectivity index (χ2v) is 11.6. The smallest absolute Gasteiger partial charge is 0.303 e. The fraction of sp³-hybridized carbons (Fsp3) is 0.379. The molecule has 1 aliphatic heterocycles. The molecule has 0 unspecified atom stereocenters. The van der Waals surface area contributed by atoms with E-state index in [-0.39, 0.29) is 6.42 Å². The van der Waals surface area contributed by atoms with Gasteiger partial charge in [-0.2, -0.15) is 0 Å². The molecule has 1 fully saturated rings. The predicted octanol–water partition coefficient (Wildman–Crippen LogP) is 6.08. The van der Waals surface area contributed by atoms with Crippen molar-refractivity contribution in [3.05, 3.63) is 80.3 Å². The molecule has 0 saturated heterocycles. The van der Waals surface area contributed by atoms with E-state index in [1.165, 1.54) is 0 Å². The van der Waals surface area contributed by atoms with Crippen LogP contribution >= 0.6 is 22.9 Å². The lowest BCUT2D eigenvalue weighted by Gasteiger charge is -2.25. The minimum atomic E-state index is -0.814. The van der Waals surface area contributed by atoms with Crippen LogP contribution in [0.4, 0.5) is 0 Å². The van der Waals surface area contributed by atoms with Gasteiger partial charge in [0.2, 0.25) is 0 Å². The highest BCUT2D eigenvalue weighted by Gasteiger charge is 2.38. The normalized spacial score (nSPS) is 18.1. The molecule has 208 valence electrons. The standard InChI is InChI=1S/C29H29ClN4O5S/c1-37-22-5-3-4-19(27(22)38-2)26-20-14-17(30)8-10-21(20)34-28(16-6-7-16)32-33-29(34)23(39-26)11-12-24-31-15-18(40-24)9-13-25(35)36/h3-5,8,10,14-16,23,26H,6-7,9,11-13H2,1-2H3,(H,35,36)/t23-,26-/m1/s1. The Balaban J connectivity index is 1.42. The number of carboxylic acid groups (broad SMARTS) is 1. The molecule has 4 aromatic rings. The average Bonchev–Trinajstić information content (AvgIpc) is 3.58. The maximum absolute atomic E-state index is 11.0. The highest BCUT2D eigenvalue weighted by molar-refractivity contribution is 7.11. The van der Waals surface area contributed by atoms with E-state index in [1.807, 2.05) is 36.4 Å². The lowest BCUT2D eigenvalue weighted by molar-refractivity contribution is -0.136. The summed E-state index contributed by atoms with van der Waals surface area (Å²) < 4.78 is 20.5. The van der Waals surface area contributed by atoms with Crippen LogP contribution in [0.1, 0.15) is 76.5 Å². The third-order valence-corrected chi connectivity index (χ3v) is 8.63. The van der Waals surface area contributed by atoms with Crippen LogP contribution < -0.4 is 9.47 Å². The average molecular weight is 581 g/mol. The maximum Gasteiger partial charge on any atom is 0.303 e. The van der Waals surface area contributed by atoms with Crippen molar-refractivity contribution >= 4 is 28.9 Å². The van der Waals surface area contributed by atoms with E-state index in [0.717, 1.165) is 51.2 Å². The van der Waals surface area contributed by atoms with Gasteiger partial charge in [0.15, 0.2) is 17.3 Å². The van der Waals surface area contributed by atoms with Crippen LogP contribution in [0, 0.1) is 0 Å². The largest absolute Gasteiger partial charge is 0.493 e. The lowest BCUT2D eigenvalue weighted by atomic mass is 9.98. The van der Waals surface area contributed by atoms with Crippen molar-refractivity contribution in [3.8, 4) is 17.2 Å². The van der Waals surface area contributed by atoms with Crippen LogP contribution in [-0.2, 0) is 22.4 Å². The Hall–Kier alpha value is -3.47. The van der Waals surface area contributed by atoms with Crippen LogP contribution in [0.2, 0.25) is 5.02 Å². The molecule has 1 saturated carbocycles. The number of halogens is 1. The van der Waals surface area contributed by atoms with E-state index in [9.17, 15) is 4.79 Å². The summed E-state index contributed by atoms with van der Waals surface area (Å²) in [5.41, 5.74) is 2.66. The zero-order valence-corrected chi connectivity index (χ0v) is 23.7. The van der Waals surface area contributed by atoms with Crippen LogP contribution in [0.25, 0.3) is 5.69 Å². The molecular formula is C29H29ClN4O5S. The van der Waals surface area contributed by atoms with Crippen LogP contribution in [0.5, 0.6) is 11.5 Å². The fourth-order valence-corrected chi connectivity index (χ4v) is 6.35. The van der Waals surface area contributed by atoms with E-state index in [1.54, 1.807) is 31.8 Å². The maximum atomic E-state index is 11.0. The Kier molecular flexibility index (Phi) is 7.48. The number of carbonyl (C=O) groups is 1. The van der Waals surface area contributed by atoms with Gasteiger partial charge >= 0.3 is 5.97 Å². The number of ether oxygens (including phenoxy) is 3. The van der Waals surface area contributed by atoms with Gasteiger partial charge in [-0.1, -0.05) is 23.7 Å². The zero-order valence-electron chi connectivity index (χ0n) is 22.2. The summed E-state index contributed by atoms with van der Waals surface area (Å²) in [5.74, 6) is 2.45. The number of benzene rings is 2. The van der Waals surface area contributed by atoms with Crippen molar-refractivity contribution in [1.82, 2.24) is 19.7 Å². The van der Waals surface area contributed by atoms with Gasteiger partial charge in [-0.3, -0.25) is 9.36 Å². The number of hydrogen-bond acceptors (Lipinski definition) is 8. The number of methoxy groups -OCH3 is 2. The highest BCUT2D eigenvalue weighted by atomic mass is 35.5. The second kappa shape index (κ2) is 11.2. The summed E-state index contributed by atoms with van der Waals surface area (Å²) in [6.45, 7) is 0. The van der Waals surface area contributed by atoms with E-state index < -0.39 is 18.2 Å². The second-order valence-electron chi connectivity index (χ2n) is 9.97. The summed E-state index contributed by atoms with van der Waals surface area (Å²) in [6.07, 6.45) is 4.83. The molecule has 40 heavy (non-hydrogen) atoms. The minimum absolute atomic E-state index is 0.0886. The molecule has 6 rings (SSSR count). The quantitative estimate of drug-likeness (QED) is 0.240. The number of rotatable bonds is 10. The molecule has 3 heterocycles. The molecule has 0 bridgehead atoms. The molecular weight excluding hydrogens is 552 g/mol. The Morgan fingerprint density at radius 3 is 2.70 bits per heavy atom. The number of nitrogens with zero attached hydrogens (tertiary/aromatic N) is 4. The Labute approximate surface area is 240 Å². The third-order valence-electron chi connectivity index (χ3n) is 7.28. The molecule has 1 aliphatic carbocycles. The zero-order chi connectivity index (χ0) is 27.8. The van der Waals surface area contributed by atoms with Crippen molar-refractivity contribution in [1.29, 1.82) is 0 Å². The number of hydrogen-bond donors (Lipinski definition) is 1. The molecule has 2 atom stereocenters. The van der Waals surface area contributed by atoms with E-state index >= 15 is 0 Å². The molecule has 11 heteroatoms. The van der Waals surface area contributed by atoms with Gasteiger partial charge in [0.25, 0.3) is 0 Å². The minimum Gasteiger partial charge on any atom is -0.493 e. The van der Waals surface area contributed by atoms with E-state index in [0.29, 0.717) is 41.7 Å². The summed E-state index contributed by atoms with van der Waals surface area (Å²) >= 11 is 8.10. The van der Waals surface area contributed by atoms with Crippen LogP contribution in [0.15, 0.2) is 42.6 Å². The number of fused-ring (bicyclic) bond motifs is 3. The fourth-order valence-electron chi connectivity index (χ4n) is 5.23. The van der Waals surface area contributed by atoms with Gasteiger partial charge in [-0.25, -0.2) is 4.98 Å². The first-order valence-electron chi connectivity index (χ1n) is 13.2. The molecule has 2 aromatic carbocycles. The molecule has 0 amide bonds. The van der Waals surface area contributed by atoms with E-state index in [2.05, 4.69) is 19.7 Å². The van der Waals surface area contributed by atoms with Crippen molar-refractivity contribution in [2.24, 2.45) is 0 Å². The highest BCUT2D eigenvalue weighted by Crippen LogP contribution is 2.48. The van der Waals surface area contributed by atoms with Crippen LogP contribution in [0.3, 0.4) is 0 Å². The van der Waals surface area contributed by atoms with Crippen molar-refractivity contribution in [2.75, 3.05) is 14.2 Å². The number of thiazole rings is 1. The number of aryl methyl sites for hydroxylation is 2. The van der Waals surface area contributed by atoms with E-state index in [4.69, 9.17) is 30.9 Å². The number of aliphatic carboxylic acids is 1. The molecule has 0 radical (unpaired) electrons. The lowest BCUT2D eigenvalue weighted by Crippen LogP contribution is -2.13. The van der Waals surface area contributed by atoms with Gasteiger partial charge < -0.3 is 19.3 Å². The molecule has 2 aromatic heterocycles. The van der Waals surface area contributed by atoms with Crippen LogP contribution in [-0.4, -0.2) is 45.0 Å². The number of para-hydroxylation sites is 1. The summed E-state index contributed by atoms with van der Waals surface area (Å²) in [6, 6.07) is 11.6. The monoisotopic (exact) mass is 580 g/mol. The van der Waals surface area contributed by atoms with Gasteiger partial charge in [0, 0.05) is 39.6 Å². The van der Waals surface area contributed by atoms with Gasteiger partial charge in [0.05, 0.1) is 31.3 Å². The SMILES string of the molecule is COc1cccc([C@H]2O[C@H](CCc3ncc(CCC(=O)O)s3)c3nnc(C4CC4)n3-c3ccc(Cl)cc32)c1OC. The van der Waals surface area contributed by atoms with Gasteiger partial charge in [0.1, 0.15) is 18.0 Å². The molecule has 2 aliphatic rings. The summed E-state index contributed by atoms with van der Waals surface area (Å²) in [7, 11) is 3.24. The number of aromatic nitrogens is 4. The number of carboxylic acids is 1.